The molecule has 0 aliphatic heterocycles. The number of benzene rings is 1. The lowest BCUT2D eigenvalue weighted by Crippen LogP contribution is -2.16. The number of rotatable bonds is 2. The van der Waals surface area contributed by atoms with Crippen LogP contribution in [0.25, 0.3) is 0 Å². The van der Waals surface area contributed by atoms with Crippen LogP contribution in [0.5, 0.6) is 0 Å². The van der Waals surface area contributed by atoms with E-state index in [1.807, 2.05) is 38.1 Å². The molecule has 0 atom stereocenters. The quantitative estimate of drug-likeness (QED) is 0.717. The van der Waals surface area contributed by atoms with Crippen LogP contribution in [0.1, 0.15) is 19.4 Å². The van der Waals surface area contributed by atoms with Gasteiger partial charge in [-0.15, -0.1) is 0 Å². The molecular formula is C10H11AlN2. The highest BCUT2D eigenvalue weighted by Gasteiger charge is 2.21. The predicted molar refractivity (Wildman–Crippen MR) is 54.5 cm³/mol. The van der Waals surface area contributed by atoms with Gasteiger partial charge in [0.2, 0.25) is 0 Å². The number of anilines is 1. The van der Waals surface area contributed by atoms with Gasteiger partial charge < -0.3 is 4.30 Å². The monoisotopic (exact) mass is 186 g/mol. The molecule has 0 aromatic heterocycles. The van der Waals surface area contributed by atoms with Crippen molar-refractivity contribution in [2.24, 2.45) is 0 Å². The smallest absolute Gasteiger partial charge is 0.305 e. The van der Waals surface area contributed by atoms with Gasteiger partial charge in [0.05, 0.1) is 11.5 Å². The second-order valence-electron chi connectivity index (χ2n) is 3.43. The Morgan fingerprint density at radius 3 is 2.54 bits per heavy atom. The van der Waals surface area contributed by atoms with Crippen molar-refractivity contribution in [3.63, 3.8) is 0 Å². The zero-order chi connectivity index (χ0) is 9.90. The Kier molecular flexibility index (Phi) is 2.99. The molecule has 0 amide bonds. The first-order chi connectivity index (χ1) is 6.11. The van der Waals surface area contributed by atoms with Crippen molar-refractivity contribution in [3.8, 4) is 6.07 Å². The molecule has 0 saturated heterocycles. The third-order valence-corrected chi connectivity index (χ3v) is 2.35. The second kappa shape index (κ2) is 3.83. The van der Waals surface area contributed by atoms with Gasteiger partial charge in [-0.3, -0.25) is 0 Å². The minimum absolute atomic E-state index is 0.444. The van der Waals surface area contributed by atoms with Crippen LogP contribution in [-0.4, -0.2) is 16.5 Å². The number of nitriles is 1. The topological polar surface area (TPSA) is 35.8 Å². The Bertz CT molecular complexity index is 339. The van der Waals surface area contributed by atoms with Crippen LogP contribution in [0.4, 0.5) is 5.69 Å². The van der Waals surface area contributed by atoms with Gasteiger partial charge in [0.1, 0.15) is 0 Å². The van der Waals surface area contributed by atoms with E-state index in [0.29, 0.717) is 0 Å². The third-order valence-electron chi connectivity index (χ3n) is 2.04. The molecule has 0 aliphatic rings. The van der Waals surface area contributed by atoms with E-state index < -0.39 is 5.41 Å². The summed E-state index contributed by atoms with van der Waals surface area (Å²) in [6, 6.07) is 10.1. The van der Waals surface area contributed by atoms with Gasteiger partial charge in [-0.05, 0) is 25.5 Å². The van der Waals surface area contributed by atoms with Gasteiger partial charge in [-0.25, -0.2) is 0 Å². The average molecular weight is 186 g/mol. The largest absolute Gasteiger partial charge is 0.491 e. The first-order valence-corrected chi connectivity index (χ1v) is 4.67. The van der Waals surface area contributed by atoms with E-state index in [2.05, 4.69) is 26.9 Å². The molecule has 0 bridgehead atoms. The summed E-state index contributed by atoms with van der Waals surface area (Å²) in [7, 11) is 0. The molecule has 0 fully saturated rings. The van der Waals surface area contributed by atoms with Crippen molar-refractivity contribution < 1.29 is 0 Å². The molecule has 2 nitrogen and oxygen atoms in total. The van der Waals surface area contributed by atoms with Crippen LogP contribution in [0.2, 0.25) is 0 Å². The summed E-state index contributed by atoms with van der Waals surface area (Å²) in [5, 5.41) is 8.98. The van der Waals surface area contributed by atoms with E-state index in [1.165, 1.54) is 0 Å². The number of nitrogens with zero attached hydrogens (tertiary/aromatic N) is 1. The Hall–Kier alpha value is -0.958. The fraction of sp³-hybridized carbons (Fsp3) is 0.300. The van der Waals surface area contributed by atoms with E-state index in [1.54, 1.807) is 0 Å². The van der Waals surface area contributed by atoms with Crippen LogP contribution >= 0.6 is 0 Å². The molecule has 1 N–H and O–H groups in total. The zero-order valence-electron chi connectivity index (χ0n) is 7.83. The van der Waals surface area contributed by atoms with Gasteiger partial charge in [-0.2, -0.15) is 5.26 Å². The molecule has 13 heavy (non-hydrogen) atoms. The van der Waals surface area contributed by atoms with Gasteiger partial charge in [0.25, 0.3) is 0 Å². The van der Waals surface area contributed by atoms with Crippen LogP contribution in [-0.2, 0) is 5.41 Å². The van der Waals surface area contributed by atoms with Crippen LogP contribution in [0.15, 0.2) is 24.3 Å². The minimum atomic E-state index is -0.444. The minimum Gasteiger partial charge on any atom is -0.491 e. The first kappa shape index (κ1) is 10.1. The van der Waals surface area contributed by atoms with Crippen molar-refractivity contribution in [2.75, 3.05) is 4.30 Å². The van der Waals surface area contributed by atoms with Crippen molar-refractivity contribution in [1.29, 1.82) is 5.26 Å². The van der Waals surface area contributed by atoms with Gasteiger partial charge in [-0.1, -0.05) is 18.2 Å². The van der Waals surface area contributed by atoms with E-state index in [0.717, 1.165) is 11.3 Å². The van der Waals surface area contributed by atoms with E-state index in [4.69, 9.17) is 5.26 Å². The number of para-hydroxylation sites is 1. The van der Waals surface area contributed by atoms with Crippen LogP contribution < -0.4 is 4.30 Å². The van der Waals surface area contributed by atoms with Crippen molar-refractivity contribution >= 4 is 22.2 Å². The van der Waals surface area contributed by atoms with Gasteiger partial charge >= 0.3 is 16.5 Å². The molecule has 0 unspecified atom stereocenters. The Labute approximate surface area is 87.2 Å². The lowest BCUT2D eigenvalue weighted by Gasteiger charge is -2.20. The molecular weight excluding hydrogens is 175 g/mol. The predicted octanol–water partition coefficient (Wildman–Crippen LogP) is 1.98. The molecule has 1 aromatic rings. The summed E-state index contributed by atoms with van der Waals surface area (Å²) in [6.07, 6.45) is 0. The summed E-state index contributed by atoms with van der Waals surface area (Å²) in [4.78, 5) is 0. The number of nitrogens with one attached hydrogen (secondary N) is 1. The standard InChI is InChI=1S/C10H11N2.Al/c1-10(2,7-11)8-5-3-4-6-9(8)12;/h3-6,12H,1-2H3;/q-1;+1. The zero-order valence-corrected chi connectivity index (χ0v) is 8.99. The maximum Gasteiger partial charge on any atom is 0.305 e. The normalized spacial score (nSPS) is 10.5. The highest BCUT2D eigenvalue weighted by Crippen LogP contribution is 2.28. The molecule has 0 spiro atoms. The molecule has 0 saturated carbocycles. The van der Waals surface area contributed by atoms with Crippen molar-refractivity contribution in [1.82, 2.24) is 0 Å². The van der Waals surface area contributed by atoms with Crippen molar-refractivity contribution in [3.05, 3.63) is 29.8 Å². The molecule has 0 aliphatic carbocycles. The van der Waals surface area contributed by atoms with E-state index in [9.17, 15) is 0 Å². The molecule has 1 aromatic carbocycles. The molecule has 0 heterocycles. The Morgan fingerprint density at radius 2 is 2.00 bits per heavy atom. The maximum absolute atomic E-state index is 8.98. The summed E-state index contributed by atoms with van der Waals surface area (Å²) >= 11 is 2.45. The molecule has 1 rings (SSSR count). The van der Waals surface area contributed by atoms with Gasteiger partial charge in [0.15, 0.2) is 0 Å². The lowest BCUT2D eigenvalue weighted by atomic mass is 9.85. The summed E-state index contributed by atoms with van der Waals surface area (Å²) in [5.41, 5.74) is 1.56. The highest BCUT2D eigenvalue weighted by molar-refractivity contribution is 6.16. The highest BCUT2D eigenvalue weighted by atomic mass is 27.1. The summed E-state index contributed by atoms with van der Waals surface area (Å²) in [5.74, 6) is 0. The van der Waals surface area contributed by atoms with Gasteiger partial charge in [0, 0.05) is 5.69 Å². The molecule has 64 valence electrons. The Balaban J connectivity index is 3.22. The fourth-order valence-electron chi connectivity index (χ4n) is 1.21. The fourth-order valence-corrected chi connectivity index (χ4v) is 1.47. The maximum atomic E-state index is 8.98. The van der Waals surface area contributed by atoms with E-state index in [-0.39, 0.29) is 0 Å². The lowest BCUT2D eigenvalue weighted by molar-refractivity contribution is 0.689. The van der Waals surface area contributed by atoms with Crippen LogP contribution in [0.3, 0.4) is 0 Å². The first-order valence-electron chi connectivity index (χ1n) is 4.09. The molecule has 2 radical (unpaired) electrons. The molecule has 3 heteroatoms. The second-order valence-corrected chi connectivity index (χ2v) is 3.72. The summed E-state index contributed by atoms with van der Waals surface area (Å²) < 4.78 is 3.00. The SMILES string of the molecule is CC(C)(C#N)c1ccccc1[NH][Al]. The average Bonchev–Trinajstić information content (AvgIpc) is 2.18. The number of hydrogen-bond acceptors (Lipinski definition) is 2. The Morgan fingerprint density at radius 1 is 1.38 bits per heavy atom. The third kappa shape index (κ3) is 2.04. The van der Waals surface area contributed by atoms with Crippen LogP contribution in [0, 0.1) is 11.3 Å². The van der Waals surface area contributed by atoms with E-state index >= 15 is 0 Å². The van der Waals surface area contributed by atoms with Crippen molar-refractivity contribution in [2.45, 2.75) is 19.3 Å². The summed E-state index contributed by atoms with van der Waals surface area (Å²) in [6.45, 7) is 3.82. The number of hydrogen-bond donors (Lipinski definition) is 1.